The fourth-order valence-electron chi connectivity index (χ4n) is 4.67. The Hall–Kier alpha value is -5.04. The number of hydrogen-bond donors (Lipinski definition) is 1. The average Bonchev–Trinajstić information content (AvgIpc) is 3.41. The van der Waals surface area contributed by atoms with Crippen molar-refractivity contribution < 1.29 is 23.4 Å². The van der Waals surface area contributed by atoms with Crippen LogP contribution in [0.1, 0.15) is 41.1 Å². The highest BCUT2D eigenvalue weighted by atomic mass is 16.5. The highest BCUT2D eigenvalue weighted by Gasteiger charge is 2.15. The second-order valence-corrected chi connectivity index (χ2v) is 9.30. The van der Waals surface area contributed by atoms with Crippen LogP contribution in [-0.4, -0.2) is 25.3 Å². The van der Waals surface area contributed by atoms with Gasteiger partial charge >= 0.3 is 5.91 Å². The summed E-state index contributed by atoms with van der Waals surface area (Å²) in [6, 6.07) is 25.3. The molecule has 7 heteroatoms. The molecule has 1 aromatic heterocycles. The maximum absolute atomic E-state index is 12.7. The Bertz CT molecular complexity index is 1710. The number of rotatable bonds is 12. The van der Waals surface area contributed by atoms with Gasteiger partial charge in [0.25, 0.3) is 0 Å². The lowest BCUT2D eigenvalue weighted by atomic mass is 10.0. The molecule has 0 aliphatic rings. The van der Waals surface area contributed by atoms with Crippen molar-refractivity contribution in [2.45, 2.75) is 26.9 Å². The van der Waals surface area contributed by atoms with Crippen LogP contribution in [0, 0.1) is 0 Å². The minimum Gasteiger partial charge on any atom is -0.494 e. The van der Waals surface area contributed by atoms with E-state index in [0.29, 0.717) is 43.3 Å². The number of hydrogen-bond acceptors (Lipinski definition) is 6. The lowest BCUT2D eigenvalue weighted by molar-refractivity contribution is 0.0929. The number of furan rings is 1. The van der Waals surface area contributed by atoms with E-state index in [1.807, 2.05) is 56.3 Å². The smallest absolute Gasteiger partial charge is 0.307 e. The zero-order valence-corrected chi connectivity index (χ0v) is 23.2. The molecule has 0 aliphatic carbocycles. The Labute approximate surface area is 239 Å². The van der Waals surface area contributed by atoms with Crippen LogP contribution in [0.3, 0.4) is 0 Å². The number of carbonyl (C=O) groups is 1. The highest BCUT2D eigenvalue weighted by molar-refractivity contribution is 5.97. The number of fused-ring (bicyclic) bond motifs is 2. The van der Waals surface area contributed by atoms with Crippen molar-refractivity contribution in [3.8, 4) is 17.2 Å². The van der Waals surface area contributed by atoms with Crippen molar-refractivity contribution in [1.29, 1.82) is 0 Å². The van der Waals surface area contributed by atoms with Gasteiger partial charge in [-0.15, -0.1) is 6.58 Å². The van der Waals surface area contributed by atoms with E-state index < -0.39 is 5.91 Å². The van der Waals surface area contributed by atoms with Crippen molar-refractivity contribution in [2.75, 3.05) is 13.2 Å². The Morgan fingerprint density at radius 2 is 1.73 bits per heavy atom. The molecule has 0 unspecified atom stereocenters. The van der Waals surface area contributed by atoms with Gasteiger partial charge in [-0.1, -0.05) is 48.5 Å². The number of benzene rings is 4. The summed E-state index contributed by atoms with van der Waals surface area (Å²) in [4.78, 5) is 12.7. The van der Waals surface area contributed by atoms with E-state index in [1.54, 1.807) is 24.4 Å². The fourth-order valence-corrected chi connectivity index (χ4v) is 4.67. The molecule has 4 aromatic carbocycles. The molecule has 1 N–H and O–H groups in total. The maximum atomic E-state index is 12.7. The van der Waals surface area contributed by atoms with Crippen LogP contribution in [0.2, 0.25) is 0 Å². The summed E-state index contributed by atoms with van der Waals surface area (Å²) < 4.78 is 23.5. The van der Waals surface area contributed by atoms with Crippen molar-refractivity contribution in [1.82, 2.24) is 5.43 Å². The molecule has 0 saturated carbocycles. The van der Waals surface area contributed by atoms with Gasteiger partial charge in [0.15, 0.2) is 17.3 Å². The molecule has 0 bridgehead atoms. The van der Waals surface area contributed by atoms with Crippen LogP contribution in [0.15, 0.2) is 101 Å². The van der Waals surface area contributed by atoms with Gasteiger partial charge < -0.3 is 18.6 Å². The molecule has 0 fully saturated rings. The monoisotopic (exact) mass is 548 g/mol. The van der Waals surface area contributed by atoms with Crippen LogP contribution in [0.4, 0.5) is 0 Å². The van der Waals surface area contributed by atoms with Gasteiger partial charge in [0.1, 0.15) is 17.9 Å². The number of hydrazone groups is 1. The molecule has 0 radical (unpaired) electrons. The third-order valence-electron chi connectivity index (χ3n) is 6.47. The van der Waals surface area contributed by atoms with Gasteiger partial charge in [-0.3, -0.25) is 4.79 Å². The van der Waals surface area contributed by atoms with E-state index in [9.17, 15) is 4.79 Å². The first-order chi connectivity index (χ1) is 20.1. The molecule has 0 spiro atoms. The van der Waals surface area contributed by atoms with E-state index >= 15 is 0 Å². The van der Waals surface area contributed by atoms with Gasteiger partial charge in [0, 0.05) is 10.9 Å². The number of ether oxygens (including phenoxy) is 3. The van der Waals surface area contributed by atoms with Crippen LogP contribution in [0.5, 0.6) is 17.2 Å². The van der Waals surface area contributed by atoms with Gasteiger partial charge in [-0.2, -0.15) is 5.10 Å². The summed E-state index contributed by atoms with van der Waals surface area (Å²) in [5.41, 5.74) is 5.87. The molecule has 1 heterocycles. The lowest BCUT2D eigenvalue weighted by Crippen LogP contribution is -2.16. The van der Waals surface area contributed by atoms with Crippen LogP contribution >= 0.6 is 0 Å². The van der Waals surface area contributed by atoms with Gasteiger partial charge in [-0.25, -0.2) is 5.43 Å². The highest BCUT2D eigenvalue weighted by Crippen LogP contribution is 2.35. The molecule has 0 saturated heterocycles. The molecule has 0 aliphatic heterocycles. The molecular formula is C34H32N2O5. The fraction of sp³-hybridized carbons (Fsp3) is 0.176. The van der Waals surface area contributed by atoms with E-state index in [0.717, 1.165) is 38.6 Å². The summed E-state index contributed by atoms with van der Waals surface area (Å²) in [6.45, 7) is 9.16. The number of nitrogens with one attached hydrogen (secondary N) is 1. The second-order valence-electron chi connectivity index (χ2n) is 9.30. The number of amides is 1. The molecule has 208 valence electrons. The predicted octanol–water partition coefficient (Wildman–Crippen LogP) is 7.45. The van der Waals surface area contributed by atoms with Crippen LogP contribution < -0.4 is 19.6 Å². The Balaban J connectivity index is 1.34. The standard InChI is InChI=1S/C34H32N2O5/c1-4-10-25-17-23(21-35-36-34(37)32-20-27-19-28(38-5-2)15-16-30(27)41-32)18-31(39-6-3)33(25)40-22-26-13-9-12-24-11-7-8-14-29(24)26/h4,7-9,11-21H,1,5-6,10,22H2,2-3H3,(H,36,37)/b35-21+. The third-order valence-corrected chi connectivity index (χ3v) is 6.47. The van der Waals surface area contributed by atoms with E-state index in [-0.39, 0.29) is 5.76 Å². The molecule has 41 heavy (non-hydrogen) atoms. The van der Waals surface area contributed by atoms with Crippen molar-refractivity contribution in [3.05, 3.63) is 114 Å². The first-order valence-electron chi connectivity index (χ1n) is 13.6. The number of carbonyl (C=O) groups excluding carboxylic acids is 1. The average molecular weight is 549 g/mol. The van der Waals surface area contributed by atoms with Crippen molar-refractivity contribution >= 4 is 33.9 Å². The summed E-state index contributed by atoms with van der Waals surface area (Å²) in [6.07, 6.45) is 3.95. The first-order valence-corrected chi connectivity index (χ1v) is 13.6. The van der Waals surface area contributed by atoms with E-state index in [4.69, 9.17) is 18.6 Å². The Morgan fingerprint density at radius 1 is 0.902 bits per heavy atom. The Kier molecular flexibility index (Phi) is 8.64. The molecular weight excluding hydrogens is 516 g/mol. The summed E-state index contributed by atoms with van der Waals surface area (Å²) in [5, 5.41) is 7.25. The van der Waals surface area contributed by atoms with Crippen molar-refractivity contribution in [3.63, 3.8) is 0 Å². The summed E-state index contributed by atoms with van der Waals surface area (Å²) in [5.74, 6) is 1.68. The molecule has 0 atom stereocenters. The topological polar surface area (TPSA) is 82.3 Å². The molecule has 7 nitrogen and oxygen atoms in total. The van der Waals surface area contributed by atoms with Gasteiger partial charge in [-0.05, 0) is 78.6 Å². The molecule has 5 aromatic rings. The van der Waals surface area contributed by atoms with Crippen LogP contribution in [-0.2, 0) is 13.0 Å². The third kappa shape index (κ3) is 6.41. The van der Waals surface area contributed by atoms with Gasteiger partial charge in [0.05, 0.1) is 19.4 Å². The normalized spacial score (nSPS) is 11.2. The minimum atomic E-state index is -0.457. The summed E-state index contributed by atoms with van der Waals surface area (Å²) >= 11 is 0. The van der Waals surface area contributed by atoms with E-state index in [2.05, 4.69) is 41.4 Å². The SMILES string of the molecule is C=CCc1cc(/C=N/NC(=O)c2cc3cc(OCC)ccc3o2)cc(OCC)c1OCc1cccc2ccccc12. The Morgan fingerprint density at radius 3 is 2.56 bits per heavy atom. The second kappa shape index (κ2) is 12.9. The largest absolute Gasteiger partial charge is 0.494 e. The molecule has 1 amide bonds. The zero-order valence-electron chi connectivity index (χ0n) is 23.2. The summed E-state index contributed by atoms with van der Waals surface area (Å²) in [7, 11) is 0. The van der Waals surface area contributed by atoms with Gasteiger partial charge in [0.2, 0.25) is 0 Å². The quantitative estimate of drug-likeness (QED) is 0.0994. The van der Waals surface area contributed by atoms with Crippen LogP contribution in [0.25, 0.3) is 21.7 Å². The number of allylic oxidation sites excluding steroid dienone is 1. The molecule has 5 rings (SSSR count). The zero-order chi connectivity index (χ0) is 28.6. The van der Waals surface area contributed by atoms with E-state index in [1.165, 1.54) is 0 Å². The predicted molar refractivity (Wildman–Crippen MR) is 162 cm³/mol. The first kappa shape index (κ1) is 27.5. The minimum absolute atomic E-state index is 0.158. The lowest BCUT2D eigenvalue weighted by Gasteiger charge is -2.17. The number of nitrogens with zero attached hydrogens (tertiary/aromatic N) is 1. The maximum Gasteiger partial charge on any atom is 0.307 e. The van der Waals surface area contributed by atoms with Crippen molar-refractivity contribution in [2.24, 2.45) is 5.10 Å².